The molecule has 0 saturated heterocycles. The van der Waals surface area contributed by atoms with Crippen molar-refractivity contribution in [2.75, 3.05) is 0 Å². The zero-order valence-corrected chi connectivity index (χ0v) is 7.34. The fourth-order valence-electron chi connectivity index (χ4n) is 1.19. The van der Waals surface area contributed by atoms with Crippen LogP contribution in [-0.2, 0) is 4.79 Å². The second-order valence-electron chi connectivity index (χ2n) is 3.19. The number of carboxylic acid groups (broad SMARTS) is 1. The van der Waals surface area contributed by atoms with E-state index >= 15 is 0 Å². The first-order valence-electron chi connectivity index (χ1n) is 4.02. The average Bonchev–Trinajstić information content (AvgIpc) is 2.01. The molecule has 3 heteroatoms. The van der Waals surface area contributed by atoms with Crippen molar-refractivity contribution >= 4 is 5.97 Å². The summed E-state index contributed by atoms with van der Waals surface area (Å²) in [5.74, 6) is -1.27. The molecule has 0 aliphatic heterocycles. The van der Waals surface area contributed by atoms with Gasteiger partial charge >= 0.3 is 5.97 Å². The Hall–Kier alpha value is -1.35. The van der Waals surface area contributed by atoms with E-state index in [-0.39, 0.29) is 5.92 Å². The number of hydrogen-bond acceptors (Lipinski definition) is 2. The average molecular weight is 180 g/mol. The minimum absolute atomic E-state index is 0.270. The van der Waals surface area contributed by atoms with Crippen LogP contribution in [0.1, 0.15) is 6.92 Å². The van der Waals surface area contributed by atoms with E-state index in [0.717, 1.165) is 6.08 Å². The van der Waals surface area contributed by atoms with E-state index in [1.165, 1.54) is 6.08 Å². The van der Waals surface area contributed by atoms with Crippen molar-refractivity contribution in [3.8, 4) is 0 Å². The maximum atomic E-state index is 10.2. The summed E-state index contributed by atoms with van der Waals surface area (Å²) >= 11 is 0. The summed E-state index contributed by atoms with van der Waals surface area (Å²) in [6, 6.07) is 0. The van der Waals surface area contributed by atoms with Crippen molar-refractivity contribution in [3.63, 3.8) is 0 Å². The van der Waals surface area contributed by atoms with Gasteiger partial charge in [0.1, 0.15) is 0 Å². The van der Waals surface area contributed by atoms with Crippen LogP contribution < -0.4 is 0 Å². The van der Waals surface area contributed by atoms with Crippen LogP contribution in [0.4, 0.5) is 0 Å². The molecule has 0 aromatic rings. The molecule has 1 aliphatic carbocycles. The van der Waals surface area contributed by atoms with E-state index in [0.29, 0.717) is 0 Å². The third kappa shape index (κ3) is 2.56. The van der Waals surface area contributed by atoms with Crippen molar-refractivity contribution in [2.45, 2.75) is 12.5 Å². The van der Waals surface area contributed by atoms with Crippen LogP contribution in [0, 0.1) is 5.92 Å². The molecule has 2 atom stereocenters. The molecular weight excluding hydrogens is 168 g/mol. The molecule has 0 spiro atoms. The molecule has 13 heavy (non-hydrogen) atoms. The van der Waals surface area contributed by atoms with Crippen molar-refractivity contribution in [1.82, 2.24) is 0 Å². The summed E-state index contributed by atoms with van der Waals surface area (Å²) < 4.78 is 0. The Morgan fingerprint density at radius 2 is 2.23 bits per heavy atom. The van der Waals surface area contributed by atoms with Crippen LogP contribution in [0.2, 0.25) is 0 Å². The molecule has 1 rings (SSSR count). The monoisotopic (exact) mass is 180 g/mol. The second kappa shape index (κ2) is 3.58. The van der Waals surface area contributed by atoms with E-state index in [2.05, 4.69) is 0 Å². The number of rotatable bonds is 2. The molecule has 70 valence electrons. The number of carboxylic acids is 1. The van der Waals surface area contributed by atoms with Crippen molar-refractivity contribution in [3.05, 3.63) is 36.5 Å². The van der Waals surface area contributed by atoms with Crippen LogP contribution in [0.15, 0.2) is 36.5 Å². The van der Waals surface area contributed by atoms with Gasteiger partial charge in [0, 0.05) is 12.0 Å². The lowest BCUT2D eigenvalue weighted by Crippen LogP contribution is -2.31. The zero-order chi connectivity index (χ0) is 9.90. The van der Waals surface area contributed by atoms with Crippen molar-refractivity contribution < 1.29 is 15.0 Å². The maximum absolute atomic E-state index is 10.2. The predicted molar refractivity (Wildman–Crippen MR) is 49.2 cm³/mol. The van der Waals surface area contributed by atoms with E-state index in [1.807, 2.05) is 0 Å². The molecule has 0 amide bonds. The molecule has 0 heterocycles. The van der Waals surface area contributed by atoms with Crippen LogP contribution >= 0.6 is 0 Å². The van der Waals surface area contributed by atoms with Gasteiger partial charge in [0.2, 0.25) is 0 Å². The standard InChI is InChI=1S/C10H12O3/c1-10(13)7-3-2-4-8(10)5-6-9(11)12/h2-8,13H,1H3,(H,11,12)/b6-5-. The van der Waals surface area contributed by atoms with Crippen LogP contribution in [0.25, 0.3) is 0 Å². The fraction of sp³-hybridized carbons (Fsp3) is 0.300. The van der Waals surface area contributed by atoms with E-state index in [4.69, 9.17) is 5.11 Å². The van der Waals surface area contributed by atoms with E-state index < -0.39 is 11.6 Å². The summed E-state index contributed by atoms with van der Waals surface area (Å²) in [6.07, 6.45) is 9.45. The minimum Gasteiger partial charge on any atom is -0.478 e. The molecule has 3 nitrogen and oxygen atoms in total. The van der Waals surface area contributed by atoms with Gasteiger partial charge in [-0.3, -0.25) is 0 Å². The minimum atomic E-state index is -1.00. The van der Waals surface area contributed by atoms with Crippen LogP contribution in [-0.4, -0.2) is 21.8 Å². The maximum Gasteiger partial charge on any atom is 0.327 e. The van der Waals surface area contributed by atoms with Gasteiger partial charge in [-0.25, -0.2) is 4.79 Å². The highest BCUT2D eigenvalue weighted by Crippen LogP contribution is 2.24. The fourth-order valence-corrected chi connectivity index (χ4v) is 1.19. The van der Waals surface area contributed by atoms with Gasteiger partial charge in [0.05, 0.1) is 5.60 Å². The highest BCUT2D eigenvalue weighted by molar-refractivity contribution is 5.79. The summed E-state index contributed by atoms with van der Waals surface area (Å²) in [7, 11) is 0. The summed E-state index contributed by atoms with van der Waals surface area (Å²) in [4.78, 5) is 10.2. The number of aliphatic hydroxyl groups is 1. The lowest BCUT2D eigenvalue weighted by molar-refractivity contribution is -0.131. The summed E-state index contributed by atoms with van der Waals surface area (Å²) in [5, 5.41) is 18.2. The van der Waals surface area contributed by atoms with Gasteiger partial charge < -0.3 is 10.2 Å². The lowest BCUT2D eigenvalue weighted by Gasteiger charge is -2.27. The summed E-state index contributed by atoms with van der Waals surface area (Å²) in [6.45, 7) is 1.64. The first kappa shape index (κ1) is 9.74. The molecule has 0 aromatic heterocycles. The van der Waals surface area contributed by atoms with Crippen LogP contribution in [0.3, 0.4) is 0 Å². The third-order valence-electron chi connectivity index (χ3n) is 1.98. The van der Waals surface area contributed by atoms with Gasteiger partial charge in [-0.05, 0) is 6.92 Å². The molecule has 0 bridgehead atoms. The Labute approximate surface area is 76.7 Å². The quantitative estimate of drug-likeness (QED) is 0.626. The lowest BCUT2D eigenvalue weighted by atomic mass is 9.85. The van der Waals surface area contributed by atoms with Gasteiger partial charge in [-0.2, -0.15) is 0 Å². The molecular formula is C10H12O3. The molecule has 2 unspecified atom stereocenters. The molecule has 0 aromatic carbocycles. The highest BCUT2D eigenvalue weighted by Gasteiger charge is 2.26. The van der Waals surface area contributed by atoms with Gasteiger partial charge in [-0.1, -0.05) is 30.4 Å². The smallest absolute Gasteiger partial charge is 0.327 e. The van der Waals surface area contributed by atoms with E-state index in [1.54, 1.807) is 31.2 Å². The Bertz CT molecular complexity index is 285. The van der Waals surface area contributed by atoms with Crippen molar-refractivity contribution in [2.24, 2.45) is 5.92 Å². The Balaban J connectivity index is 2.75. The molecule has 0 radical (unpaired) electrons. The third-order valence-corrected chi connectivity index (χ3v) is 1.98. The number of aliphatic carboxylic acids is 1. The predicted octanol–water partition coefficient (Wildman–Crippen LogP) is 1.12. The Morgan fingerprint density at radius 3 is 2.77 bits per heavy atom. The molecule has 0 fully saturated rings. The van der Waals surface area contributed by atoms with Crippen molar-refractivity contribution in [1.29, 1.82) is 0 Å². The number of hydrogen-bond donors (Lipinski definition) is 2. The molecule has 2 N–H and O–H groups in total. The normalized spacial score (nSPS) is 32.6. The summed E-state index contributed by atoms with van der Waals surface area (Å²) in [5.41, 5.74) is -0.985. The SMILES string of the molecule is CC1(O)C=CC=CC1/C=C\C(=O)O. The Morgan fingerprint density at radius 1 is 1.54 bits per heavy atom. The topological polar surface area (TPSA) is 57.5 Å². The van der Waals surface area contributed by atoms with E-state index in [9.17, 15) is 9.90 Å². The van der Waals surface area contributed by atoms with Gasteiger partial charge in [0.15, 0.2) is 0 Å². The number of allylic oxidation sites excluding steroid dienone is 2. The molecule has 0 saturated carbocycles. The van der Waals surface area contributed by atoms with Gasteiger partial charge in [-0.15, -0.1) is 0 Å². The molecule has 1 aliphatic rings. The highest BCUT2D eigenvalue weighted by atomic mass is 16.4. The largest absolute Gasteiger partial charge is 0.478 e. The first-order valence-corrected chi connectivity index (χ1v) is 4.02. The van der Waals surface area contributed by atoms with Crippen LogP contribution in [0.5, 0.6) is 0 Å². The zero-order valence-electron chi connectivity index (χ0n) is 7.34. The first-order chi connectivity index (χ1) is 6.02. The van der Waals surface area contributed by atoms with Gasteiger partial charge in [0.25, 0.3) is 0 Å². The second-order valence-corrected chi connectivity index (χ2v) is 3.19. The Kier molecular flexibility index (Phi) is 2.68. The number of carbonyl (C=O) groups is 1.